The predicted octanol–water partition coefficient (Wildman–Crippen LogP) is 1.55. The van der Waals surface area contributed by atoms with Gasteiger partial charge in [-0.25, -0.2) is 0 Å². The fourth-order valence-electron chi connectivity index (χ4n) is 2.19. The quantitative estimate of drug-likeness (QED) is 0.799. The fourth-order valence-corrected chi connectivity index (χ4v) is 2.19. The summed E-state index contributed by atoms with van der Waals surface area (Å²) in [5.74, 6) is 1.60. The minimum Gasteiger partial charge on any atom is -0.496 e. The van der Waals surface area contributed by atoms with Crippen LogP contribution in [0.5, 0.6) is 17.2 Å². The molecule has 0 aliphatic rings. The average molecular weight is 331 g/mol. The van der Waals surface area contributed by atoms with E-state index in [1.165, 1.54) is 6.20 Å². The number of carbonyl (C=O) groups is 1. The first-order valence-electron chi connectivity index (χ1n) is 7.33. The number of rotatable bonds is 7. The van der Waals surface area contributed by atoms with E-state index in [1.54, 1.807) is 45.6 Å². The minimum absolute atomic E-state index is 0.149. The van der Waals surface area contributed by atoms with Crippen LogP contribution in [0.2, 0.25) is 0 Å². The molecule has 128 valence electrons. The maximum Gasteiger partial charge on any atom is 0.226 e. The third-order valence-corrected chi connectivity index (χ3v) is 3.45. The summed E-state index contributed by atoms with van der Waals surface area (Å²) in [7, 11) is 4.67. The lowest BCUT2D eigenvalue weighted by Gasteiger charge is -2.14. The highest BCUT2D eigenvalue weighted by Gasteiger charge is 2.13. The topological polar surface area (TPSA) is 95.7 Å². The molecule has 0 saturated carbocycles. The number of pyridine rings is 1. The van der Waals surface area contributed by atoms with Crippen LogP contribution in [0.1, 0.15) is 11.3 Å². The fraction of sp³-hybridized carbons (Fsp3) is 0.294. The van der Waals surface area contributed by atoms with E-state index < -0.39 is 0 Å². The third kappa shape index (κ3) is 4.28. The SMILES string of the molecule is COc1cc(OC)c(OC)cc1CNC(=O)Cc1ccc(N)cn1. The van der Waals surface area contributed by atoms with Crippen LogP contribution in [0.3, 0.4) is 0 Å². The van der Waals surface area contributed by atoms with Crippen molar-refractivity contribution in [2.24, 2.45) is 0 Å². The smallest absolute Gasteiger partial charge is 0.226 e. The maximum atomic E-state index is 12.1. The molecule has 0 fully saturated rings. The Hall–Kier alpha value is -2.96. The zero-order valence-corrected chi connectivity index (χ0v) is 14.0. The molecule has 3 N–H and O–H groups in total. The van der Waals surface area contributed by atoms with Gasteiger partial charge in [0.05, 0.1) is 39.6 Å². The second kappa shape index (κ2) is 8.05. The molecule has 1 aromatic carbocycles. The lowest BCUT2D eigenvalue weighted by atomic mass is 10.1. The maximum absolute atomic E-state index is 12.1. The summed E-state index contributed by atoms with van der Waals surface area (Å²) in [5, 5.41) is 2.84. The summed E-state index contributed by atoms with van der Waals surface area (Å²) in [4.78, 5) is 16.2. The van der Waals surface area contributed by atoms with Gasteiger partial charge in [0.15, 0.2) is 11.5 Å². The Bertz CT molecular complexity index is 702. The van der Waals surface area contributed by atoms with Crippen molar-refractivity contribution in [1.82, 2.24) is 10.3 Å². The van der Waals surface area contributed by atoms with Gasteiger partial charge in [-0.05, 0) is 18.2 Å². The standard InChI is InChI=1S/C17H21N3O4/c1-22-14-8-16(24-3)15(23-2)6-11(14)9-20-17(21)7-13-5-4-12(18)10-19-13/h4-6,8,10H,7,9,18H2,1-3H3,(H,20,21). The number of methoxy groups -OCH3 is 3. The first-order valence-corrected chi connectivity index (χ1v) is 7.33. The molecular weight excluding hydrogens is 310 g/mol. The van der Waals surface area contributed by atoms with Crippen LogP contribution < -0.4 is 25.3 Å². The van der Waals surface area contributed by atoms with Gasteiger partial charge in [0, 0.05) is 23.9 Å². The van der Waals surface area contributed by atoms with Gasteiger partial charge in [0.2, 0.25) is 5.91 Å². The van der Waals surface area contributed by atoms with Crippen LogP contribution in [0.4, 0.5) is 5.69 Å². The number of hydrogen-bond acceptors (Lipinski definition) is 6. The number of nitrogens with one attached hydrogen (secondary N) is 1. The first kappa shape index (κ1) is 17.4. The van der Waals surface area contributed by atoms with Crippen molar-refractivity contribution in [3.63, 3.8) is 0 Å². The highest BCUT2D eigenvalue weighted by molar-refractivity contribution is 5.78. The van der Waals surface area contributed by atoms with Crippen molar-refractivity contribution in [3.05, 3.63) is 41.7 Å². The summed E-state index contributed by atoms with van der Waals surface area (Å²) in [5.41, 5.74) is 7.58. The molecular formula is C17H21N3O4. The van der Waals surface area contributed by atoms with Crippen molar-refractivity contribution in [1.29, 1.82) is 0 Å². The number of hydrogen-bond donors (Lipinski definition) is 2. The van der Waals surface area contributed by atoms with E-state index in [4.69, 9.17) is 19.9 Å². The molecule has 24 heavy (non-hydrogen) atoms. The van der Waals surface area contributed by atoms with Crippen LogP contribution in [0.25, 0.3) is 0 Å². The molecule has 1 aromatic heterocycles. The normalized spacial score (nSPS) is 10.1. The Morgan fingerprint density at radius 1 is 1.08 bits per heavy atom. The number of benzene rings is 1. The Morgan fingerprint density at radius 3 is 2.33 bits per heavy atom. The Kier molecular flexibility index (Phi) is 5.83. The summed E-state index contributed by atoms with van der Waals surface area (Å²) in [6.45, 7) is 0.303. The summed E-state index contributed by atoms with van der Waals surface area (Å²) in [6, 6.07) is 6.94. The van der Waals surface area contributed by atoms with Crippen molar-refractivity contribution >= 4 is 11.6 Å². The summed E-state index contributed by atoms with van der Waals surface area (Å²) < 4.78 is 15.9. The van der Waals surface area contributed by atoms with E-state index in [-0.39, 0.29) is 12.3 Å². The van der Waals surface area contributed by atoms with Crippen molar-refractivity contribution in [2.75, 3.05) is 27.1 Å². The number of nitrogen functional groups attached to an aromatic ring is 1. The molecule has 1 amide bonds. The lowest BCUT2D eigenvalue weighted by molar-refractivity contribution is -0.120. The average Bonchev–Trinajstić information content (AvgIpc) is 2.61. The van der Waals surface area contributed by atoms with E-state index in [0.717, 1.165) is 5.56 Å². The summed E-state index contributed by atoms with van der Waals surface area (Å²) in [6.07, 6.45) is 1.70. The van der Waals surface area contributed by atoms with E-state index in [9.17, 15) is 4.79 Å². The molecule has 0 atom stereocenters. The molecule has 0 bridgehead atoms. The molecule has 2 rings (SSSR count). The number of nitrogens with two attached hydrogens (primary N) is 1. The third-order valence-electron chi connectivity index (χ3n) is 3.45. The van der Waals surface area contributed by atoms with E-state index >= 15 is 0 Å². The van der Waals surface area contributed by atoms with Gasteiger partial charge in [0.1, 0.15) is 5.75 Å². The Balaban J connectivity index is 2.04. The number of nitrogens with zero attached hydrogens (tertiary/aromatic N) is 1. The Labute approximate surface area is 140 Å². The van der Waals surface area contributed by atoms with Crippen LogP contribution in [-0.2, 0) is 17.8 Å². The van der Waals surface area contributed by atoms with Crippen molar-refractivity contribution in [3.8, 4) is 17.2 Å². The monoisotopic (exact) mass is 331 g/mol. The van der Waals surface area contributed by atoms with E-state index in [2.05, 4.69) is 10.3 Å². The second-order valence-corrected chi connectivity index (χ2v) is 5.06. The number of carbonyl (C=O) groups excluding carboxylic acids is 1. The molecule has 0 unspecified atom stereocenters. The second-order valence-electron chi connectivity index (χ2n) is 5.06. The molecule has 0 aliphatic heterocycles. The van der Waals surface area contributed by atoms with Crippen LogP contribution >= 0.6 is 0 Å². The van der Waals surface area contributed by atoms with Gasteiger partial charge in [-0.1, -0.05) is 0 Å². The highest BCUT2D eigenvalue weighted by atomic mass is 16.5. The zero-order valence-electron chi connectivity index (χ0n) is 14.0. The number of amides is 1. The van der Waals surface area contributed by atoms with Crippen molar-refractivity contribution < 1.29 is 19.0 Å². The van der Waals surface area contributed by atoms with Gasteiger partial charge in [-0.2, -0.15) is 0 Å². The minimum atomic E-state index is -0.149. The number of aromatic nitrogens is 1. The molecule has 0 saturated heterocycles. The van der Waals surface area contributed by atoms with Gasteiger partial charge < -0.3 is 25.3 Å². The molecule has 7 nitrogen and oxygen atoms in total. The number of ether oxygens (including phenoxy) is 3. The van der Waals surface area contributed by atoms with E-state index in [1.807, 2.05) is 0 Å². The van der Waals surface area contributed by atoms with Gasteiger partial charge in [-0.15, -0.1) is 0 Å². The zero-order chi connectivity index (χ0) is 17.5. The number of anilines is 1. The van der Waals surface area contributed by atoms with Gasteiger partial charge >= 0.3 is 0 Å². The predicted molar refractivity (Wildman–Crippen MR) is 90.3 cm³/mol. The molecule has 1 heterocycles. The lowest BCUT2D eigenvalue weighted by Crippen LogP contribution is -2.25. The summed E-state index contributed by atoms with van der Waals surface area (Å²) >= 11 is 0. The largest absolute Gasteiger partial charge is 0.496 e. The first-order chi connectivity index (χ1) is 11.6. The van der Waals surface area contributed by atoms with Gasteiger partial charge in [-0.3, -0.25) is 9.78 Å². The van der Waals surface area contributed by atoms with E-state index in [0.29, 0.717) is 35.2 Å². The molecule has 0 aliphatic carbocycles. The van der Waals surface area contributed by atoms with Crippen molar-refractivity contribution in [2.45, 2.75) is 13.0 Å². The molecule has 7 heteroatoms. The molecule has 0 spiro atoms. The van der Waals surface area contributed by atoms with Crippen LogP contribution in [0.15, 0.2) is 30.5 Å². The van der Waals surface area contributed by atoms with Crippen LogP contribution in [0, 0.1) is 0 Å². The van der Waals surface area contributed by atoms with Gasteiger partial charge in [0.25, 0.3) is 0 Å². The molecule has 2 aromatic rings. The van der Waals surface area contributed by atoms with Crippen LogP contribution in [-0.4, -0.2) is 32.2 Å². The molecule has 0 radical (unpaired) electrons. The Morgan fingerprint density at radius 2 is 1.75 bits per heavy atom. The highest BCUT2D eigenvalue weighted by Crippen LogP contribution is 2.34.